The number of nitro groups is 1. The molecule has 1 aliphatic heterocycles. The Bertz CT molecular complexity index is 1590. The van der Waals surface area contributed by atoms with Crippen LogP contribution < -0.4 is 9.64 Å². The highest BCUT2D eigenvalue weighted by Crippen LogP contribution is 2.45. The quantitative estimate of drug-likeness (QED) is 0.118. The lowest BCUT2D eigenvalue weighted by Crippen LogP contribution is -2.29. The largest absolute Gasteiger partial charge is 0.507 e. The van der Waals surface area contributed by atoms with Crippen LogP contribution in [0.1, 0.15) is 29.7 Å². The molecule has 1 aromatic heterocycles. The van der Waals surface area contributed by atoms with Gasteiger partial charge in [-0.05, 0) is 37.6 Å². The number of ether oxygens (including phenoxy) is 1. The van der Waals surface area contributed by atoms with Gasteiger partial charge in [-0.3, -0.25) is 24.6 Å². The van der Waals surface area contributed by atoms with E-state index in [0.29, 0.717) is 29.0 Å². The summed E-state index contributed by atoms with van der Waals surface area (Å²) in [6.07, 6.45) is 0. The maximum absolute atomic E-state index is 13.4. The fraction of sp³-hybridized carbons (Fsp3) is 0.148. The number of fused-ring (bicyclic) bond motifs is 1. The molecule has 0 radical (unpaired) electrons. The molecule has 1 N–H and O–H groups in total. The summed E-state index contributed by atoms with van der Waals surface area (Å²) in [6, 6.07) is 16.7. The van der Waals surface area contributed by atoms with Gasteiger partial charge in [-0.25, -0.2) is 4.98 Å². The zero-order valence-corrected chi connectivity index (χ0v) is 20.7. The van der Waals surface area contributed by atoms with Gasteiger partial charge in [0.25, 0.3) is 11.5 Å². The summed E-state index contributed by atoms with van der Waals surface area (Å²) in [5.41, 5.74) is 1.84. The molecule has 1 aliphatic rings. The number of Topliss-reactive ketones (excluding diaryl/α,β-unsaturated/α-hetero) is 1. The van der Waals surface area contributed by atoms with Crippen LogP contribution in [-0.4, -0.2) is 33.3 Å². The lowest BCUT2D eigenvalue weighted by atomic mass is 9.95. The number of aliphatic hydroxyl groups is 1. The first-order chi connectivity index (χ1) is 17.8. The van der Waals surface area contributed by atoms with Gasteiger partial charge in [-0.15, -0.1) is 0 Å². The van der Waals surface area contributed by atoms with E-state index in [-0.39, 0.29) is 22.2 Å². The number of aromatic nitrogens is 1. The molecule has 0 aliphatic carbocycles. The average Bonchev–Trinajstić information content (AvgIpc) is 3.42. The van der Waals surface area contributed by atoms with Crippen molar-refractivity contribution in [1.29, 1.82) is 0 Å². The third-order valence-corrected chi connectivity index (χ3v) is 7.05. The summed E-state index contributed by atoms with van der Waals surface area (Å²) < 4.78 is 6.29. The van der Waals surface area contributed by atoms with Crippen molar-refractivity contribution in [1.82, 2.24) is 4.98 Å². The highest BCUT2D eigenvalue weighted by molar-refractivity contribution is 7.22. The molecule has 5 rings (SSSR count). The second-order valence-electron chi connectivity index (χ2n) is 8.45. The van der Waals surface area contributed by atoms with Crippen molar-refractivity contribution >= 4 is 49.8 Å². The fourth-order valence-corrected chi connectivity index (χ4v) is 5.29. The number of aryl methyl sites for hydroxylation is 1. The second-order valence-corrected chi connectivity index (χ2v) is 9.46. The molecule has 2 heterocycles. The Labute approximate surface area is 215 Å². The second kappa shape index (κ2) is 9.47. The van der Waals surface area contributed by atoms with Crippen molar-refractivity contribution in [3.05, 3.63) is 99.1 Å². The van der Waals surface area contributed by atoms with Gasteiger partial charge in [-0.1, -0.05) is 53.3 Å². The van der Waals surface area contributed by atoms with Crippen LogP contribution in [0.4, 0.5) is 10.8 Å². The SMILES string of the molecule is CCOc1ccc2nc(N3C(=O)C(=O)/C(=C(/O)c4ccc(C)cc4)[C@@H]3c3cccc([N+](=O)[O-])c3)sc2c1. The third-order valence-electron chi connectivity index (χ3n) is 6.03. The van der Waals surface area contributed by atoms with Gasteiger partial charge in [-0.2, -0.15) is 0 Å². The molecule has 1 amide bonds. The summed E-state index contributed by atoms with van der Waals surface area (Å²) in [7, 11) is 0. The Hall–Kier alpha value is -4.57. The summed E-state index contributed by atoms with van der Waals surface area (Å²) in [5, 5.41) is 22.9. The minimum absolute atomic E-state index is 0.163. The molecule has 37 heavy (non-hydrogen) atoms. The number of ketones is 1. The van der Waals surface area contributed by atoms with E-state index < -0.39 is 22.7 Å². The van der Waals surface area contributed by atoms with E-state index in [1.807, 2.05) is 13.8 Å². The molecule has 4 aromatic rings. The van der Waals surface area contributed by atoms with Crippen molar-refractivity contribution in [2.75, 3.05) is 11.5 Å². The van der Waals surface area contributed by atoms with Crippen molar-refractivity contribution in [2.45, 2.75) is 19.9 Å². The van der Waals surface area contributed by atoms with E-state index in [4.69, 9.17) is 4.74 Å². The van der Waals surface area contributed by atoms with E-state index >= 15 is 0 Å². The topological polar surface area (TPSA) is 123 Å². The number of nitrogens with zero attached hydrogens (tertiary/aromatic N) is 3. The first kappa shape index (κ1) is 24.1. The Morgan fingerprint density at radius 1 is 1.14 bits per heavy atom. The van der Waals surface area contributed by atoms with Crippen LogP contribution in [0.15, 0.2) is 72.3 Å². The van der Waals surface area contributed by atoms with Gasteiger partial charge >= 0.3 is 5.91 Å². The molecule has 0 saturated carbocycles. The lowest BCUT2D eigenvalue weighted by Gasteiger charge is -2.22. The van der Waals surface area contributed by atoms with Gasteiger partial charge in [0, 0.05) is 17.7 Å². The molecule has 1 saturated heterocycles. The van der Waals surface area contributed by atoms with E-state index in [1.165, 1.54) is 34.4 Å². The summed E-state index contributed by atoms with van der Waals surface area (Å²) >= 11 is 1.18. The van der Waals surface area contributed by atoms with E-state index in [2.05, 4.69) is 4.98 Å². The van der Waals surface area contributed by atoms with Crippen LogP contribution in [0.3, 0.4) is 0 Å². The molecule has 10 heteroatoms. The number of nitro benzene ring substituents is 1. The van der Waals surface area contributed by atoms with Gasteiger partial charge in [0.2, 0.25) is 0 Å². The van der Waals surface area contributed by atoms with Crippen LogP contribution >= 0.6 is 11.3 Å². The molecule has 1 fully saturated rings. The Balaban J connectivity index is 1.71. The Morgan fingerprint density at radius 3 is 2.59 bits per heavy atom. The van der Waals surface area contributed by atoms with E-state index in [9.17, 15) is 24.8 Å². The third kappa shape index (κ3) is 4.31. The number of hydrogen-bond donors (Lipinski definition) is 1. The van der Waals surface area contributed by atoms with Gasteiger partial charge in [0.05, 0.1) is 33.4 Å². The van der Waals surface area contributed by atoms with Crippen LogP contribution in [0.5, 0.6) is 5.75 Å². The zero-order chi connectivity index (χ0) is 26.3. The molecular weight excluding hydrogens is 494 g/mol. The average molecular weight is 516 g/mol. The number of carbonyl (C=O) groups is 2. The molecule has 0 unspecified atom stereocenters. The normalized spacial score (nSPS) is 16.9. The van der Waals surface area contributed by atoms with E-state index in [1.54, 1.807) is 48.5 Å². The van der Waals surface area contributed by atoms with Gasteiger partial charge in [0.15, 0.2) is 5.13 Å². The summed E-state index contributed by atoms with van der Waals surface area (Å²) in [5.74, 6) is -1.50. The molecule has 1 atom stereocenters. The number of carbonyl (C=O) groups excluding carboxylic acids is 2. The Kier molecular flexibility index (Phi) is 6.18. The molecule has 9 nitrogen and oxygen atoms in total. The fourth-order valence-electron chi connectivity index (χ4n) is 4.27. The standard InChI is InChI=1S/C27H21N3O6S/c1-3-36-19-11-12-20-21(14-19)37-27(28-20)29-23(17-5-4-6-18(13-17)30(34)35)22(25(32)26(29)33)24(31)16-9-7-15(2)8-10-16/h4-14,23,31H,3H2,1-2H3/b24-22+/t23-/m0/s1. The molecular formula is C27H21N3O6S. The van der Waals surface area contributed by atoms with Crippen LogP contribution in [0.2, 0.25) is 0 Å². The van der Waals surface area contributed by atoms with Gasteiger partial charge < -0.3 is 9.84 Å². The van der Waals surface area contributed by atoms with Crippen molar-refractivity contribution in [3.63, 3.8) is 0 Å². The maximum Gasteiger partial charge on any atom is 0.301 e. The first-order valence-electron chi connectivity index (χ1n) is 11.4. The van der Waals surface area contributed by atoms with Crippen LogP contribution in [0.25, 0.3) is 16.0 Å². The highest BCUT2D eigenvalue weighted by Gasteiger charge is 2.48. The van der Waals surface area contributed by atoms with E-state index in [0.717, 1.165) is 10.3 Å². The number of aliphatic hydroxyl groups excluding tert-OH is 1. The molecule has 186 valence electrons. The van der Waals surface area contributed by atoms with Crippen LogP contribution in [-0.2, 0) is 9.59 Å². The molecule has 0 bridgehead atoms. The number of hydrogen-bond acceptors (Lipinski definition) is 8. The number of anilines is 1. The minimum atomic E-state index is -1.12. The monoisotopic (exact) mass is 515 g/mol. The number of amides is 1. The van der Waals surface area contributed by atoms with Crippen LogP contribution in [0, 0.1) is 17.0 Å². The number of thiazole rings is 1. The number of rotatable bonds is 6. The Morgan fingerprint density at radius 2 is 1.89 bits per heavy atom. The predicted molar refractivity (Wildman–Crippen MR) is 140 cm³/mol. The summed E-state index contributed by atoms with van der Waals surface area (Å²) in [6.45, 7) is 4.24. The number of benzene rings is 3. The maximum atomic E-state index is 13.4. The highest BCUT2D eigenvalue weighted by atomic mass is 32.1. The zero-order valence-electron chi connectivity index (χ0n) is 19.9. The van der Waals surface area contributed by atoms with Crippen molar-refractivity contribution in [3.8, 4) is 5.75 Å². The van der Waals surface area contributed by atoms with Crippen molar-refractivity contribution in [2.24, 2.45) is 0 Å². The molecule has 3 aromatic carbocycles. The number of non-ortho nitro benzene ring substituents is 1. The minimum Gasteiger partial charge on any atom is -0.507 e. The lowest BCUT2D eigenvalue weighted by molar-refractivity contribution is -0.384. The smallest absolute Gasteiger partial charge is 0.301 e. The molecule has 0 spiro atoms. The summed E-state index contributed by atoms with van der Waals surface area (Å²) in [4.78, 5) is 43.4. The van der Waals surface area contributed by atoms with Gasteiger partial charge in [0.1, 0.15) is 11.5 Å². The predicted octanol–water partition coefficient (Wildman–Crippen LogP) is 5.54. The van der Waals surface area contributed by atoms with Crippen molar-refractivity contribution < 1.29 is 24.4 Å². The first-order valence-corrected chi connectivity index (χ1v) is 12.3.